The summed E-state index contributed by atoms with van der Waals surface area (Å²) in [5, 5.41) is 13.7. The molecule has 2 rings (SSSR count). The summed E-state index contributed by atoms with van der Waals surface area (Å²) in [5.74, 6) is 0. The lowest BCUT2D eigenvalue weighted by Gasteiger charge is -2.11. The molecular formula is C6H2Cl4N6O. The second kappa shape index (κ2) is 4.41. The van der Waals surface area contributed by atoms with Gasteiger partial charge in [0.1, 0.15) is 5.69 Å². The van der Waals surface area contributed by atoms with Gasteiger partial charge in [-0.05, 0) is 0 Å². The molecule has 0 spiro atoms. The first-order valence-electron chi connectivity index (χ1n) is 4.00. The van der Waals surface area contributed by atoms with Gasteiger partial charge >= 0.3 is 6.03 Å². The molecule has 0 N–H and O–H groups in total. The van der Waals surface area contributed by atoms with Crippen LogP contribution in [0.15, 0.2) is 12.4 Å². The van der Waals surface area contributed by atoms with Gasteiger partial charge in [-0.2, -0.15) is 9.36 Å². The fourth-order valence-corrected chi connectivity index (χ4v) is 1.95. The van der Waals surface area contributed by atoms with E-state index in [1.165, 1.54) is 12.4 Å². The van der Waals surface area contributed by atoms with Crippen LogP contribution in [-0.2, 0) is 3.79 Å². The Morgan fingerprint density at radius 3 is 2.53 bits per heavy atom. The van der Waals surface area contributed by atoms with E-state index in [9.17, 15) is 4.79 Å². The van der Waals surface area contributed by atoms with E-state index in [4.69, 9.17) is 46.4 Å². The van der Waals surface area contributed by atoms with Gasteiger partial charge in [0, 0.05) is 0 Å². The van der Waals surface area contributed by atoms with Crippen LogP contribution < -0.4 is 0 Å². The summed E-state index contributed by atoms with van der Waals surface area (Å²) < 4.78 is -0.300. The third-order valence-corrected chi connectivity index (χ3v) is 2.49. The summed E-state index contributed by atoms with van der Waals surface area (Å²) in [5.41, 5.74) is -0.162. The van der Waals surface area contributed by atoms with E-state index in [1.807, 2.05) is 0 Å². The topological polar surface area (TPSA) is 78.5 Å². The molecule has 90 valence electrons. The molecule has 0 saturated heterocycles. The van der Waals surface area contributed by atoms with Crippen molar-refractivity contribution in [2.75, 3.05) is 0 Å². The van der Waals surface area contributed by atoms with Crippen molar-refractivity contribution in [2.45, 2.75) is 3.79 Å². The van der Waals surface area contributed by atoms with Gasteiger partial charge in [0.25, 0.3) is 0 Å². The summed E-state index contributed by atoms with van der Waals surface area (Å²) >= 11 is 22.7. The molecule has 0 aliphatic heterocycles. The number of rotatable bonds is 0. The Morgan fingerprint density at radius 2 is 2.00 bits per heavy atom. The minimum Gasteiger partial charge on any atom is -0.243 e. The molecule has 0 bridgehead atoms. The minimum absolute atomic E-state index is 0.162. The number of hydrogen-bond acceptors (Lipinski definition) is 5. The second-order valence-electron chi connectivity index (χ2n) is 2.77. The maximum Gasteiger partial charge on any atom is 0.372 e. The van der Waals surface area contributed by atoms with E-state index in [2.05, 4.69) is 20.6 Å². The van der Waals surface area contributed by atoms with Gasteiger partial charge in [0.05, 0.1) is 12.4 Å². The van der Waals surface area contributed by atoms with Crippen molar-refractivity contribution < 1.29 is 4.79 Å². The Bertz CT molecular complexity index is 543. The Kier molecular flexibility index (Phi) is 3.26. The average molecular weight is 316 g/mol. The van der Waals surface area contributed by atoms with Crippen molar-refractivity contribution in [1.82, 2.24) is 30.0 Å². The van der Waals surface area contributed by atoms with Crippen molar-refractivity contribution in [3.8, 4) is 0 Å². The largest absolute Gasteiger partial charge is 0.372 e. The highest BCUT2D eigenvalue weighted by molar-refractivity contribution is 6.67. The lowest BCUT2D eigenvalue weighted by atomic mass is 10.5. The smallest absolute Gasteiger partial charge is 0.243 e. The van der Waals surface area contributed by atoms with Crippen LogP contribution in [0, 0.1) is 0 Å². The molecule has 17 heavy (non-hydrogen) atoms. The molecule has 11 heteroatoms. The summed E-state index contributed by atoms with van der Waals surface area (Å²) in [6.45, 7) is 0. The zero-order valence-electron chi connectivity index (χ0n) is 7.76. The van der Waals surface area contributed by atoms with Crippen LogP contribution in [0.25, 0.3) is 0 Å². The summed E-state index contributed by atoms with van der Waals surface area (Å²) in [4.78, 5) is 11.9. The van der Waals surface area contributed by atoms with Gasteiger partial charge in [0.2, 0.25) is 3.79 Å². The molecule has 0 atom stereocenters. The number of nitrogens with zero attached hydrogens (tertiary/aromatic N) is 6. The molecule has 0 aliphatic rings. The first-order chi connectivity index (χ1) is 7.91. The van der Waals surface area contributed by atoms with Crippen molar-refractivity contribution in [1.29, 1.82) is 0 Å². The van der Waals surface area contributed by atoms with Crippen molar-refractivity contribution in [3.05, 3.63) is 23.2 Å². The predicted molar refractivity (Wildman–Crippen MR) is 60.5 cm³/mol. The average Bonchev–Trinajstić information content (AvgIpc) is 2.83. The SMILES string of the molecule is O=C(n1ccnn1)n1nnc(Cl)c1C(Cl)(Cl)Cl. The summed E-state index contributed by atoms with van der Waals surface area (Å²) in [6.07, 6.45) is 2.62. The number of hydrogen-bond donors (Lipinski definition) is 0. The molecule has 0 unspecified atom stereocenters. The highest BCUT2D eigenvalue weighted by Gasteiger charge is 2.34. The molecule has 0 amide bonds. The Morgan fingerprint density at radius 1 is 1.29 bits per heavy atom. The normalized spacial score (nSPS) is 11.8. The van der Waals surface area contributed by atoms with Crippen molar-refractivity contribution >= 4 is 52.4 Å². The number of alkyl halides is 3. The molecule has 7 nitrogen and oxygen atoms in total. The number of carbonyl (C=O) groups is 1. The molecule has 0 aromatic carbocycles. The first kappa shape index (κ1) is 12.6. The van der Waals surface area contributed by atoms with E-state index in [0.29, 0.717) is 0 Å². The lowest BCUT2D eigenvalue weighted by molar-refractivity contribution is 0.236. The van der Waals surface area contributed by atoms with Crippen LogP contribution in [0.4, 0.5) is 4.79 Å². The third-order valence-electron chi connectivity index (χ3n) is 1.70. The van der Waals surface area contributed by atoms with E-state index in [1.54, 1.807) is 0 Å². The summed E-state index contributed by atoms with van der Waals surface area (Å²) in [7, 11) is 0. The predicted octanol–water partition coefficient (Wildman–Crippen LogP) is 1.87. The van der Waals surface area contributed by atoms with Crippen LogP contribution in [0.3, 0.4) is 0 Å². The molecule has 0 saturated carbocycles. The summed E-state index contributed by atoms with van der Waals surface area (Å²) in [6, 6.07) is -0.719. The quantitative estimate of drug-likeness (QED) is 0.693. The Hall–Kier alpha value is -0.890. The molecule has 0 aliphatic carbocycles. The lowest BCUT2D eigenvalue weighted by Crippen LogP contribution is -2.25. The van der Waals surface area contributed by atoms with Gasteiger partial charge < -0.3 is 0 Å². The number of aromatic nitrogens is 6. The van der Waals surface area contributed by atoms with E-state index in [-0.39, 0.29) is 10.8 Å². The highest BCUT2D eigenvalue weighted by atomic mass is 35.6. The maximum atomic E-state index is 11.9. The van der Waals surface area contributed by atoms with Crippen LogP contribution in [0.1, 0.15) is 5.69 Å². The van der Waals surface area contributed by atoms with Gasteiger partial charge in [-0.1, -0.05) is 56.8 Å². The van der Waals surface area contributed by atoms with Gasteiger partial charge in [-0.25, -0.2) is 4.79 Å². The number of carbonyl (C=O) groups excluding carboxylic acids is 1. The number of halogens is 4. The van der Waals surface area contributed by atoms with E-state index in [0.717, 1.165) is 9.36 Å². The fourth-order valence-electron chi connectivity index (χ4n) is 1.04. The molecule has 0 radical (unpaired) electrons. The molecule has 2 aromatic rings. The van der Waals surface area contributed by atoms with Crippen LogP contribution in [0.2, 0.25) is 5.15 Å². The van der Waals surface area contributed by atoms with Crippen LogP contribution in [-0.4, -0.2) is 36.0 Å². The maximum absolute atomic E-state index is 11.9. The Balaban J connectivity index is 2.51. The standard InChI is InChI=1S/C6H2Cl4N6O/c7-4-3(6(8,9)10)16(14-12-4)5(17)15-2-1-11-13-15/h1-2H. The fraction of sp³-hybridized carbons (Fsp3) is 0.167. The zero-order chi connectivity index (χ0) is 12.6. The van der Waals surface area contributed by atoms with E-state index < -0.39 is 9.82 Å². The minimum atomic E-state index is -1.93. The monoisotopic (exact) mass is 314 g/mol. The van der Waals surface area contributed by atoms with Crippen LogP contribution >= 0.6 is 46.4 Å². The van der Waals surface area contributed by atoms with Gasteiger partial charge in [-0.3, -0.25) is 0 Å². The second-order valence-corrected chi connectivity index (χ2v) is 5.41. The van der Waals surface area contributed by atoms with Crippen molar-refractivity contribution in [2.24, 2.45) is 0 Å². The van der Waals surface area contributed by atoms with Gasteiger partial charge in [0.15, 0.2) is 5.15 Å². The first-order valence-corrected chi connectivity index (χ1v) is 5.52. The molecule has 0 fully saturated rings. The molecule has 2 aromatic heterocycles. The highest BCUT2D eigenvalue weighted by Crippen LogP contribution is 2.40. The Labute approximate surface area is 114 Å². The van der Waals surface area contributed by atoms with E-state index >= 15 is 0 Å². The third kappa shape index (κ3) is 2.37. The molecule has 2 heterocycles. The van der Waals surface area contributed by atoms with Crippen molar-refractivity contribution in [3.63, 3.8) is 0 Å². The molecular weight excluding hydrogens is 314 g/mol. The van der Waals surface area contributed by atoms with Gasteiger partial charge in [-0.15, -0.1) is 10.2 Å². The van der Waals surface area contributed by atoms with Crippen LogP contribution in [0.5, 0.6) is 0 Å². The zero-order valence-corrected chi connectivity index (χ0v) is 10.8.